The fraction of sp³-hybridized carbons (Fsp3) is 0.833. The van der Waals surface area contributed by atoms with E-state index in [0.717, 1.165) is 24.1 Å². The lowest BCUT2D eigenvalue weighted by Gasteiger charge is -2.28. The third kappa shape index (κ3) is 3.92. The molecule has 4 nitrogen and oxygen atoms in total. The van der Waals surface area contributed by atoms with Gasteiger partial charge in [0.05, 0.1) is 12.7 Å². The predicted molar refractivity (Wildman–Crippen MR) is 70.5 cm³/mol. The van der Waals surface area contributed by atoms with E-state index in [0.29, 0.717) is 12.0 Å². The van der Waals surface area contributed by atoms with Gasteiger partial charge in [-0.15, -0.1) is 0 Å². The molecule has 0 aromatic carbocycles. The molecule has 1 aliphatic rings. The van der Waals surface area contributed by atoms with E-state index in [-0.39, 0.29) is 0 Å². The van der Waals surface area contributed by atoms with E-state index < -0.39 is 0 Å². The molecule has 0 saturated heterocycles. The van der Waals surface area contributed by atoms with Crippen LogP contribution in [0.3, 0.4) is 0 Å². The van der Waals surface area contributed by atoms with E-state index in [1.54, 1.807) is 0 Å². The van der Waals surface area contributed by atoms with Crippen LogP contribution in [-0.2, 0) is 4.74 Å². The molecule has 1 aromatic rings. The third-order valence-electron chi connectivity index (χ3n) is 3.27. The highest BCUT2D eigenvalue weighted by Crippen LogP contribution is 2.26. The maximum Gasteiger partial charge on any atom is 0.202 e. The van der Waals surface area contributed by atoms with Crippen molar-refractivity contribution in [3.05, 3.63) is 5.82 Å². The minimum atomic E-state index is 0.460. The topological polar surface area (TPSA) is 47.0 Å². The summed E-state index contributed by atoms with van der Waals surface area (Å²) in [6.45, 7) is 5.78. The van der Waals surface area contributed by atoms with Crippen LogP contribution in [0.4, 0.5) is 5.13 Å². The fourth-order valence-corrected chi connectivity index (χ4v) is 2.87. The quantitative estimate of drug-likeness (QED) is 0.822. The Morgan fingerprint density at radius 3 is 2.94 bits per heavy atom. The van der Waals surface area contributed by atoms with Crippen molar-refractivity contribution in [2.75, 3.05) is 18.5 Å². The molecule has 2 atom stereocenters. The third-order valence-corrected chi connectivity index (χ3v) is 4.03. The molecule has 0 aliphatic heterocycles. The Bertz CT molecular complexity index is 342. The Balaban J connectivity index is 1.62. The summed E-state index contributed by atoms with van der Waals surface area (Å²) in [6.07, 6.45) is 5.68. The first-order chi connectivity index (χ1) is 8.25. The zero-order chi connectivity index (χ0) is 12.1. The van der Waals surface area contributed by atoms with Crippen molar-refractivity contribution in [3.63, 3.8) is 0 Å². The van der Waals surface area contributed by atoms with Gasteiger partial charge >= 0.3 is 0 Å². The number of aryl methyl sites for hydroxylation is 1. The second kappa shape index (κ2) is 6.31. The lowest BCUT2D eigenvalue weighted by Crippen LogP contribution is -2.27. The van der Waals surface area contributed by atoms with Gasteiger partial charge in [-0.1, -0.05) is 19.8 Å². The smallest absolute Gasteiger partial charge is 0.202 e. The van der Waals surface area contributed by atoms with Crippen molar-refractivity contribution in [2.24, 2.45) is 5.92 Å². The number of nitrogens with zero attached hydrogens (tertiary/aromatic N) is 2. The maximum atomic E-state index is 5.92. The minimum absolute atomic E-state index is 0.460. The van der Waals surface area contributed by atoms with Gasteiger partial charge in [-0.05, 0) is 25.7 Å². The Kier molecular flexibility index (Phi) is 4.74. The molecule has 1 aromatic heterocycles. The average Bonchev–Trinajstić information content (AvgIpc) is 2.73. The average molecular weight is 255 g/mol. The summed E-state index contributed by atoms with van der Waals surface area (Å²) in [7, 11) is 0. The molecule has 1 fully saturated rings. The summed E-state index contributed by atoms with van der Waals surface area (Å²) in [4.78, 5) is 4.25. The normalized spacial score (nSPS) is 24.8. The van der Waals surface area contributed by atoms with Crippen LogP contribution in [0.5, 0.6) is 0 Å². The van der Waals surface area contributed by atoms with E-state index in [1.807, 2.05) is 6.92 Å². The van der Waals surface area contributed by atoms with Crippen molar-refractivity contribution in [3.8, 4) is 0 Å². The molecule has 1 heterocycles. The molecular weight excluding hydrogens is 234 g/mol. The van der Waals surface area contributed by atoms with Gasteiger partial charge in [-0.25, -0.2) is 4.98 Å². The van der Waals surface area contributed by atoms with Crippen molar-refractivity contribution < 1.29 is 4.74 Å². The predicted octanol–water partition coefficient (Wildman–Crippen LogP) is 2.85. The molecular formula is C12H21N3OS. The number of aromatic nitrogens is 2. The second-order valence-electron chi connectivity index (χ2n) is 4.74. The number of hydrogen-bond acceptors (Lipinski definition) is 5. The number of rotatable bonds is 5. The van der Waals surface area contributed by atoms with Gasteiger partial charge in [0, 0.05) is 18.1 Å². The number of anilines is 1. The molecule has 1 N–H and O–H groups in total. The van der Waals surface area contributed by atoms with Crippen molar-refractivity contribution in [1.29, 1.82) is 0 Å². The summed E-state index contributed by atoms with van der Waals surface area (Å²) >= 11 is 1.41. The first kappa shape index (κ1) is 12.8. The molecule has 0 amide bonds. The summed E-state index contributed by atoms with van der Waals surface area (Å²) in [6, 6.07) is 0. The van der Waals surface area contributed by atoms with Gasteiger partial charge in [0.2, 0.25) is 5.13 Å². The van der Waals surface area contributed by atoms with E-state index in [4.69, 9.17) is 4.74 Å². The van der Waals surface area contributed by atoms with Crippen molar-refractivity contribution in [2.45, 2.75) is 45.6 Å². The van der Waals surface area contributed by atoms with Crippen LogP contribution in [0.15, 0.2) is 0 Å². The molecule has 0 radical (unpaired) electrons. The lowest BCUT2D eigenvalue weighted by atomic mass is 9.88. The van der Waals surface area contributed by atoms with Gasteiger partial charge in [-0.3, -0.25) is 0 Å². The zero-order valence-electron chi connectivity index (χ0n) is 10.6. The lowest BCUT2D eigenvalue weighted by molar-refractivity contribution is 0.000392. The molecule has 2 unspecified atom stereocenters. The van der Waals surface area contributed by atoms with Gasteiger partial charge in [-0.2, -0.15) is 4.37 Å². The minimum Gasteiger partial charge on any atom is -0.376 e. The Morgan fingerprint density at radius 1 is 1.41 bits per heavy atom. The van der Waals surface area contributed by atoms with Crippen LogP contribution in [0.25, 0.3) is 0 Å². The highest BCUT2D eigenvalue weighted by atomic mass is 32.1. The molecule has 0 spiro atoms. The summed E-state index contributed by atoms with van der Waals surface area (Å²) in [5.41, 5.74) is 0. The van der Waals surface area contributed by atoms with Crippen molar-refractivity contribution >= 4 is 16.7 Å². The SMILES string of the molecule is Cc1nsc(NCCOC2CCCCC2C)n1. The van der Waals surface area contributed by atoms with E-state index in [9.17, 15) is 0 Å². The summed E-state index contributed by atoms with van der Waals surface area (Å²) < 4.78 is 10.0. The van der Waals surface area contributed by atoms with Crippen LogP contribution in [0.1, 0.15) is 38.4 Å². The van der Waals surface area contributed by atoms with E-state index in [1.165, 1.54) is 37.2 Å². The van der Waals surface area contributed by atoms with Crippen LogP contribution >= 0.6 is 11.5 Å². The first-order valence-corrected chi connectivity index (χ1v) is 7.19. The molecule has 1 aliphatic carbocycles. The largest absolute Gasteiger partial charge is 0.376 e. The Hall–Kier alpha value is -0.680. The van der Waals surface area contributed by atoms with E-state index in [2.05, 4.69) is 21.6 Å². The molecule has 0 bridgehead atoms. The molecule has 1 saturated carbocycles. The first-order valence-electron chi connectivity index (χ1n) is 6.41. The standard InChI is InChI=1S/C12H21N3OS/c1-9-5-3-4-6-11(9)16-8-7-13-12-14-10(2)15-17-12/h9,11H,3-8H2,1-2H3,(H,13,14,15). The Morgan fingerprint density at radius 2 is 2.24 bits per heavy atom. The highest BCUT2D eigenvalue weighted by molar-refractivity contribution is 7.09. The highest BCUT2D eigenvalue weighted by Gasteiger charge is 2.21. The number of nitrogens with one attached hydrogen (secondary N) is 1. The fourth-order valence-electron chi connectivity index (χ4n) is 2.27. The zero-order valence-corrected chi connectivity index (χ0v) is 11.4. The van der Waals surface area contributed by atoms with Crippen LogP contribution in [-0.4, -0.2) is 28.6 Å². The summed E-state index contributed by atoms with van der Waals surface area (Å²) in [5.74, 6) is 1.55. The molecule has 96 valence electrons. The van der Waals surface area contributed by atoms with E-state index >= 15 is 0 Å². The summed E-state index contributed by atoms with van der Waals surface area (Å²) in [5, 5.41) is 4.13. The van der Waals surface area contributed by atoms with Gasteiger partial charge in [0.25, 0.3) is 0 Å². The van der Waals surface area contributed by atoms with Crippen molar-refractivity contribution in [1.82, 2.24) is 9.36 Å². The second-order valence-corrected chi connectivity index (χ2v) is 5.50. The Labute approximate surface area is 107 Å². The molecule has 17 heavy (non-hydrogen) atoms. The number of hydrogen-bond donors (Lipinski definition) is 1. The monoisotopic (exact) mass is 255 g/mol. The van der Waals surface area contributed by atoms with Gasteiger partial charge in [0.1, 0.15) is 5.82 Å². The van der Waals surface area contributed by atoms with Crippen LogP contribution in [0.2, 0.25) is 0 Å². The number of ether oxygens (including phenoxy) is 1. The molecule has 5 heteroatoms. The van der Waals surface area contributed by atoms with Gasteiger partial charge in [0.15, 0.2) is 0 Å². The van der Waals surface area contributed by atoms with Gasteiger partial charge < -0.3 is 10.1 Å². The van der Waals surface area contributed by atoms with Crippen LogP contribution in [0, 0.1) is 12.8 Å². The molecule has 2 rings (SSSR count). The maximum absolute atomic E-state index is 5.92. The van der Waals surface area contributed by atoms with Crippen LogP contribution < -0.4 is 5.32 Å².